The van der Waals surface area contributed by atoms with Crippen molar-refractivity contribution in [2.45, 2.75) is 35.7 Å². The second-order valence-corrected chi connectivity index (χ2v) is 6.51. The molecule has 0 aliphatic carbocycles. The van der Waals surface area contributed by atoms with E-state index in [-0.39, 0.29) is 17.6 Å². The smallest absolute Gasteiger partial charge is 0.183 e. The Hall–Kier alpha value is -0.910. The molecule has 3 atom stereocenters. The van der Waals surface area contributed by atoms with Crippen molar-refractivity contribution in [1.29, 1.82) is 0 Å². The number of hydrogen-bond donors (Lipinski definition) is 1. The van der Waals surface area contributed by atoms with Crippen molar-refractivity contribution >= 4 is 9.84 Å². The lowest BCUT2D eigenvalue weighted by Crippen LogP contribution is -2.44. The lowest BCUT2D eigenvalue weighted by Gasteiger charge is -2.31. The third-order valence-corrected chi connectivity index (χ3v) is 5.25. The lowest BCUT2D eigenvalue weighted by molar-refractivity contribution is -0.0446. The molecule has 1 aliphatic rings. The molecule has 1 fully saturated rings. The number of rotatable bonds is 2. The van der Waals surface area contributed by atoms with Gasteiger partial charge in [-0.15, -0.1) is 0 Å². The van der Waals surface area contributed by atoms with E-state index in [4.69, 9.17) is 4.74 Å². The molecule has 0 aromatic heterocycles. The van der Waals surface area contributed by atoms with Crippen molar-refractivity contribution in [3.05, 3.63) is 30.3 Å². The van der Waals surface area contributed by atoms with Crippen molar-refractivity contribution in [1.82, 2.24) is 0 Å². The van der Waals surface area contributed by atoms with Gasteiger partial charge in [-0.3, -0.25) is 0 Å². The Morgan fingerprint density at radius 2 is 1.94 bits per heavy atom. The molecule has 1 aliphatic heterocycles. The summed E-state index contributed by atoms with van der Waals surface area (Å²) in [6, 6.07) is 8.25. The molecular formula is C12H16O4S. The van der Waals surface area contributed by atoms with Crippen LogP contribution in [0, 0.1) is 0 Å². The number of aliphatic hydroxyl groups is 1. The first-order valence-electron chi connectivity index (χ1n) is 5.60. The van der Waals surface area contributed by atoms with Crippen molar-refractivity contribution < 1.29 is 18.3 Å². The Balaban J connectivity index is 2.32. The molecule has 0 spiro atoms. The van der Waals surface area contributed by atoms with E-state index >= 15 is 0 Å². The fourth-order valence-electron chi connectivity index (χ4n) is 2.04. The van der Waals surface area contributed by atoms with E-state index in [9.17, 15) is 13.5 Å². The quantitative estimate of drug-likeness (QED) is 0.857. The zero-order valence-corrected chi connectivity index (χ0v) is 10.4. The fourth-order valence-corrected chi connectivity index (χ4v) is 3.94. The van der Waals surface area contributed by atoms with E-state index in [1.54, 1.807) is 30.3 Å². The Morgan fingerprint density at radius 3 is 2.59 bits per heavy atom. The van der Waals surface area contributed by atoms with Crippen LogP contribution in [0.4, 0.5) is 0 Å². The molecule has 5 heteroatoms. The van der Waals surface area contributed by atoms with E-state index in [1.807, 2.05) is 6.92 Å². The summed E-state index contributed by atoms with van der Waals surface area (Å²) < 4.78 is 29.9. The molecule has 17 heavy (non-hydrogen) atoms. The second kappa shape index (κ2) is 4.76. The van der Waals surface area contributed by atoms with Crippen molar-refractivity contribution in [2.75, 3.05) is 6.61 Å². The van der Waals surface area contributed by atoms with Gasteiger partial charge in [-0.05, 0) is 25.5 Å². The minimum absolute atomic E-state index is 0.0812. The normalized spacial score (nSPS) is 30.1. The molecule has 1 heterocycles. The molecule has 3 unspecified atom stereocenters. The zero-order chi connectivity index (χ0) is 12.5. The summed E-state index contributed by atoms with van der Waals surface area (Å²) >= 11 is 0. The highest BCUT2D eigenvalue weighted by molar-refractivity contribution is 7.92. The monoisotopic (exact) mass is 256 g/mol. The minimum Gasteiger partial charge on any atom is -0.389 e. The standard InChI is InChI=1S/C12H16O4S/c1-9-7-12(11(13)8-16-9)17(14,15)10-5-3-2-4-6-10/h2-6,9,11-13H,7-8H2,1H3. The molecule has 1 N–H and O–H groups in total. The van der Waals surface area contributed by atoms with E-state index < -0.39 is 21.2 Å². The van der Waals surface area contributed by atoms with E-state index in [1.165, 1.54) is 0 Å². The van der Waals surface area contributed by atoms with E-state index in [0.717, 1.165) is 0 Å². The molecule has 0 bridgehead atoms. The fraction of sp³-hybridized carbons (Fsp3) is 0.500. The summed E-state index contributed by atoms with van der Waals surface area (Å²) in [6.07, 6.45) is -0.753. The average Bonchev–Trinajstić information content (AvgIpc) is 2.33. The average molecular weight is 256 g/mol. The summed E-state index contributed by atoms with van der Waals surface area (Å²) in [4.78, 5) is 0.262. The second-order valence-electron chi connectivity index (χ2n) is 4.34. The third kappa shape index (κ3) is 2.51. The topological polar surface area (TPSA) is 63.6 Å². The van der Waals surface area contributed by atoms with Crippen molar-refractivity contribution in [3.8, 4) is 0 Å². The van der Waals surface area contributed by atoms with Crippen molar-refractivity contribution in [2.24, 2.45) is 0 Å². The Bertz CT molecular complexity index is 469. The zero-order valence-electron chi connectivity index (χ0n) is 9.61. The van der Waals surface area contributed by atoms with Crippen molar-refractivity contribution in [3.63, 3.8) is 0 Å². The van der Waals surface area contributed by atoms with Gasteiger partial charge >= 0.3 is 0 Å². The lowest BCUT2D eigenvalue weighted by atomic mass is 10.1. The summed E-state index contributed by atoms with van der Waals surface area (Å²) in [5.74, 6) is 0. The number of benzene rings is 1. The number of hydrogen-bond acceptors (Lipinski definition) is 4. The van der Waals surface area contributed by atoms with E-state index in [2.05, 4.69) is 0 Å². The van der Waals surface area contributed by atoms with Crippen LogP contribution in [0.1, 0.15) is 13.3 Å². The molecule has 1 aromatic carbocycles. The van der Waals surface area contributed by atoms with Gasteiger partial charge in [-0.2, -0.15) is 0 Å². The van der Waals surface area contributed by atoms with Crippen LogP contribution in [-0.4, -0.2) is 37.6 Å². The number of aliphatic hydroxyl groups excluding tert-OH is 1. The molecule has 1 saturated heterocycles. The molecule has 94 valence electrons. The van der Waals surface area contributed by atoms with Gasteiger partial charge < -0.3 is 9.84 Å². The van der Waals surface area contributed by atoms with Crippen LogP contribution in [0.15, 0.2) is 35.2 Å². The predicted molar refractivity (Wildman–Crippen MR) is 63.5 cm³/mol. The van der Waals surface area contributed by atoms with Gasteiger partial charge in [0.1, 0.15) is 0 Å². The van der Waals surface area contributed by atoms with Crippen LogP contribution in [0.2, 0.25) is 0 Å². The Labute approximate surface area is 101 Å². The van der Waals surface area contributed by atoms with Gasteiger partial charge in [0, 0.05) is 0 Å². The number of ether oxygens (including phenoxy) is 1. The Kier molecular flexibility index (Phi) is 3.51. The van der Waals surface area contributed by atoms with Crippen LogP contribution in [0.5, 0.6) is 0 Å². The minimum atomic E-state index is -3.47. The molecule has 4 nitrogen and oxygen atoms in total. The van der Waals surface area contributed by atoms with Crippen LogP contribution >= 0.6 is 0 Å². The Morgan fingerprint density at radius 1 is 1.29 bits per heavy atom. The first kappa shape index (κ1) is 12.5. The van der Waals surface area contributed by atoms with Gasteiger partial charge in [-0.25, -0.2) is 8.42 Å². The van der Waals surface area contributed by atoms with Gasteiger partial charge in [-0.1, -0.05) is 18.2 Å². The van der Waals surface area contributed by atoms with Crippen LogP contribution in [0.3, 0.4) is 0 Å². The highest BCUT2D eigenvalue weighted by atomic mass is 32.2. The molecule has 2 rings (SSSR count). The van der Waals surface area contributed by atoms with Gasteiger partial charge in [0.25, 0.3) is 0 Å². The molecule has 0 saturated carbocycles. The van der Waals surface area contributed by atoms with Gasteiger partial charge in [0.05, 0.1) is 29.0 Å². The maximum atomic E-state index is 12.3. The maximum absolute atomic E-state index is 12.3. The van der Waals surface area contributed by atoms with Gasteiger partial charge in [0.2, 0.25) is 0 Å². The van der Waals surface area contributed by atoms with E-state index in [0.29, 0.717) is 6.42 Å². The number of sulfone groups is 1. The highest BCUT2D eigenvalue weighted by Gasteiger charge is 2.38. The largest absolute Gasteiger partial charge is 0.389 e. The maximum Gasteiger partial charge on any atom is 0.183 e. The van der Waals surface area contributed by atoms with Crippen LogP contribution in [0.25, 0.3) is 0 Å². The first-order chi connectivity index (χ1) is 8.01. The summed E-state index contributed by atoms with van der Waals surface area (Å²) in [5.41, 5.74) is 0. The highest BCUT2D eigenvalue weighted by Crippen LogP contribution is 2.26. The first-order valence-corrected chi connectivity index (χ1v) is 7.15. The molecule has 0 radical (unpaired) electrons. The van der Waals surface area contributed by atoms with Crippen LogP contribution in [-0.2, 0) is 14.6 Å². The SMILES string of the molecule is CC1CC(S(=O)(=O)c2ccccc2)C(O)CO1. The molecule has 0 amide bonds. The molecular weight excluding hydrogens is 240 g/mol. The summed E-state index contributed by atoms with van der Waals surface area (Å²) in [6.45, 7) is 1.90. The summed E-state index contributed by atoms with van der Waals surface area (Å²) in [5, 5.41) is 9.01. The molecule has 1 aromatic rings. The third-order valence-electron chi connectivity index (χ3n) is 3.02. The summed E-state index contributed by atoms with van der Waals surface area (Å²) in [7, 11) is -3.47. The van der Waals surface area contributed by atoms with Gasteiger partial charge in [0.15, 0.2) is 9.84 Å². The van der Waals surface area contributed by atoms with Crippen LogP contribution < -0.4 is 0 Å². The predicted octanol–water partition coefficient (Wildman–Crippen LogP) is 0.999.